The largest absolute Gasteiger partial charge is 0.357 e. The molecule has 6 nitrogen and oxygen atoms in total. The quantitative estimate of drug-likeness (QED) is 0.198. The summed E-state index contributed by atoms with van der Waals surface area (Å²) in [4.78, 5) is 20.2. The number of carbonyl (C=O) groups excluding carboxylic acids is 1. The van der Waals surface area contributed by atoms with Crippen LogP contribution in [-0.2, 0) is 11.2 Å². The molecule has 2 aromatic rings. The molecule has 0 spiro atoms. The van der Waals surface area contributed by atoms with E-state index in [0.717, 1.165) is 10.9 Å². The number of hydrogen-bond acceptors (Lipinski definition) is 3. The maximum Gasteiger partial charge on any atom is 0.246 e. The van der Waals surface area contributed by atoms with E-state index in [1.54, 1.807) is 30.6 Å². The lowest BCUT2D eigenvalue weighted by Gasteiger charge is -2.11. The van der Waals surface area contributed by atoms with Gasteiger partial charge in [0.25, 0.3) is 0 Å². The lowest BCUT2D eigenvalue weighted by atomic mass is 10.1. The van der Waals surface area contributed by atoms with Crippen molar-refractivity contribution in [2.24, 2.45) is 4.99 Å². The van der Waals surface area contributed by atoms with Gasteiger partial charge in [0.05, 0.1) is 11.9 Å². The highest BCUT2D eigenvalue weighted by molar-refractivity contribution is 14.0. The second-order valence-corrected chi connectivity index (χ2v) is 6.67. The zero-order valence-corrected chi connectivity index (χ0v) is 19.5. The number of anilines is 1. The van der Waals surface area contributed by atoms with E-state index in [1.807, 2.05) is 13.0 Å². The molecule has 0 saturated heterocycles. The van der Waals surface area contributed by atoms with Crippen LogP contribution in [0.25, 0.3) is 0 Å². The normalized spacial score (nSPS) is 10.8. The van der Waals surface area contributed by atoms with Crippen molar-refractivity contribution in [1.82, 2.24) is 15.6 Å². The van der Waals surface area contributed by atoms with Crippen molar-refractivity contribution < 1.29 is 9.18 Å². The summed E-state index contributed by atoms with van der Waals surface area (Å²) in [6, 6.07) is 8.59. The lowest BCUT2D eigenvalue weighted by Crippen LogP contribution is -2.38. The van der Waals surface area contributed by atoms with Gasteiger partial charge in [-0.25, -0.2) is 9.38 Å². The second-order valence-electron chi connectivity index (χ2n) is 5.75. The highest BCUT2D eigenvalue weighted by Gasteiger charge is 2.05. The number of aromatic nitrogens is 1. The maximum absolute atomic E-state index is 13.8. The molecule has 28 heavy (non-hydrogen) atoms. The summed E-state index contributed by atoms with van der Waals surface area (Å²) >= 11 is 3.25. The fourth-order valence-electron chi connectivity index (χ4n) is 2.34. The zero-order valence-electron chi connectivity index (χ0n) is 15.5. The van der Waals surface area contributed by atoms with Gasteiger partial charge in [-0.3, -0.25) is 9.78 Å². The highest BCUT2D eigenvalue weighted by atomic mass is 127. The minimum absolute atomic E-state index is 0. The third-order valence-corrected chi connectivity index (χ3v) is 4.09. The van der Waals surface area contributed by atoms with Gasteiger partial charge in [0, 0.05) is 23.8 Å². The Morgan fingerprint density at radius 2 is 2.11 bits per heavy atom. The number of carbonyl (C=O) groups is 1. The van der Waals surface area contributed by atoms with E-state index in [9.17, 15) is 9.18 Å². The Hall–Kier alpha value is -1.75. The van der Waals surface area contributed by atoms with Gasteiger partial charge < -0.3 is 16.0 Å². The summed E-state index contributed by atoms with van der Waals surface area (Å²) in [7, 11) is 0. The third-order valence-electron chi connectivity index (χ3n) is 3.60. The van der Waals surface area contributed by atoms with Crippen LogP contribution in [0.15, 0.2) is 52.2 Å². The molecule has 1 aromatic carbocycles. The average Bonchev–Trinajstić information content (AvgIpc) is 2.65. The van der Waals surface area contributed by atoms with Gasteiger partial charge in [-0.1, -0.05) is 22.0 Å². The Kier molecular flexibility index (Phi) is 11.7. The van der Waals surface area contributed by atoms with Crippen LogP contribution < -0.4 is 16.0 Å². The Morgan fingerprint density at radius 3 is 2.79 bits per heavy atom. The monoisotopic (exact) mass is 563 g/mol. The van der Waals surface area contributed by atoms with Crippen molar-refractivity contribution in [2.75, 3.05) is 25.0 Å². The molecule has 0 radical (unpaired) electrons. The summed E-state index contributed by atoms with van der Waals surface area (Å²) in [6.07, 6.45) is 4.57. The summed E-state index contributed by atoms with van der Waals surface area (Å²) in [5.41, 5.74) is 1.31. The minimum atomic E-state index is -0.225. The summed E-state index contributed by atoms with van der Waals surface area (Å²) in [6.45, 7) is 3.23. The van der Waals surface area contributed by atoms with Gasteiger partial charge in [-0.05, 0) is 49.6 Å². The molecule has 0 fully saturated rings. The van der Waals surface area contributed by atoms with Gasteiger partial charge in [0.2, 0.25) is 5.91 Å². The highest BCUT2D eigenvalue weighted by Crippen LogP contribution is 2.16. The number of nitrogens with one attached hydrogen (secondary N) is 3. The SMILES string of the molecule is CCNC(=NCC(=O)Nc1cccnc1)NCCCc1ccc(Br)cc1F.I. The molecule has 3 N–H and O–H groups in total. The van der Waals surface area contributed by atoms with Crippen LogP contribution in [0.1, 0.15) is 18.9 Å². The van der Waals surface area contributed by atoms with Crippen LogP contribution in [0.4, 0.5) is 10.1 Å². The molecular weight excluding hydrogens is 540 g/mol. The van der Waals surface area contributed by atoms with Crippen molar-refractivity contribution in [2.45, 2.75) is 19.8 Å². The zero-order chi connectivity index (χ0) is 19.5. The molecule has 152 valence electrons. The molecule has 1 heterocycles. The van der Waals surface area contributed by atoms with Gasteiger partial charge in [0.15, 0.2) is 5.96 Å². The molecule has 0 aliphatic rings. The van der Waals surface area contributed by atoms with E-state index < -0.39 is 0 Å². The molecule has 0 aliphatic heterocycles. The van der Waals surface area contributed by atoms with Crippen LogP contribution >= 0.6 is 39.9 Å². The van der Waals surface area contributed by atoms with Gasteiger partial charge in [0.1, 0.15) is 12.4 Å². The Bertz CT molecular complexity index is 776. The molecule has 0 bridgehead atoms. The van der Waals surface area contributed by atoms with E-state index in [4.69, 9.17) is 0 Å². The molecule has 0 unspecified atom stereocenters. The van der Waals surface area contributed by atoms with Crippen LogP contribution in [-0.4, -0.2) is 36.5 Å². The van der Waals surface area contributed by atoms with Crippen LogP contribution in [0.2, 0.25) is 0 Å². The third kappa shape index (κ3) is 8.96. The first-order chi connectivity index (χ1) is 13.1. The number of pyridine rings is 1. The first-order valence-electron chi connectivity index (χ1n) is 8.74. The number of hydrogen-bond donors (Lipinski definition) is 3. The van der Waals surface area contributed by atoms with Crippen molar-refractivity contribution >= 4 is 57.5 Å². The van der Waals surface area contributed by atoms with Crippen LogP contribution in [0.5, 0.6) is 0 Å². The number of benzene rings is 1. The number of guanidine groups is 1. The van der Waals surface area contributed by atoms with Crippen molar-refractivity contribution in [3.63, 3.8) is 0 Å². The van der Waals surface area contributed by atoms with E-state index in [0.29, 0.717) is 36.7 Å². The van der Waals surface area contributed by atoms with Gasteiger partial charge >= 0.3 is 0 Å². The van der Waals surface area contributed by atoms with Crippen molar-refractivity contribution in [3.05, 3.63) is 58.6 Å². The Morgan fingerprint density at radius 1 is 1.29 bits per heavy atom. The molecule has 2 rings (SSSR count). The molecular formula is C19H24BrFIN5O. The van der Waals surface area contributed by atoms with Crippen molar-refractivity contribution in [1.29, 1.82) is 0 Å². The van der Waals surface area contributed by atoms with Crippen LogP contribution in [0.3, 0.4) is 0 Å². The average molecular weight is 564 g/mol. The topological polar surface area (TPSA) is 78.4 Å². The number of aliphatic imine (C=N–C) groups is 1. The fraction of sp³-hybridized carbons (Fsp3) is 0.316. The van der Waals surface area contributed by atoms with Crippen LogP contribution in [0, 0.1) is 5.82 Å². The number of nitrogens with zero attached hydrogens (tertiary/aromatic N) is 2. The number of amides is 1. The fourth-order valence-corrected chi connectivity index (χ4v) is 2.67. The predicted octanol–water partition coefficient (Wildman–Crippen LogP) is 3.73. The molecule has 1 aromatic heterocycles. The second kappa shape index (κ2) is 13.4. The van der Waals surface area contributed by atoms with E-state index in [2.05, 4.69) is 41.9 Å². The summed E-state index contributed by atoms with van der Waals surface area (Å²) in [5, 5.41) is 8.97. The number of halogens is 3. The lowest BCUT2D eigenvalue weighted by molar-refractivity contribution is -0.114. The first-order valence-corrected chi connectivity index (χ1v) is 9.53. The first kappa shape index (κ1) is 24.3. The van der Waals surface area contributed by atoms with Crippen molar-refractivity contribution in [3.8, 4) is 0 Å². The molecule has 0 saturated carbocycles. The number of aryl methyl sites for hydroxylation is 1. The minimum Gasteiger partial charge on any atom is -0.357 e. The van der Waals surface area contributed by atoms with E-state index in [1.165, 1.54) is 6.07 Å². The molecule has 0 aliphatic carbocycles. The molecule has 1 amide bonds. The van der Waals surface area contributed by atoms with Gasteiger partial charge in [-0.15, -0.1) is 24.0 Å². The van der Waals surface area contributed by atoms with E-state index >= 15 is 0 Å². The molecule has 9 heteroatoms. The standard InChI is InChI=1S/C19H23BrFN5O.HI/c1-2-23-19(25-13-18(27)26-16-6-4-9-22-12-16)24-10-3-5-14-7-8-15(20)11-17(14)21;/h4,6-9,11-12H,2-3,5,10,13H2,1H3,(H,26,27)(H2,23,24,25);1H. The smallest absolute Gasteiger partial charge is 0.246 e. The number of rotatable bonds is 8. The summed E-state index contributed by atoms with van der Waals surface area (Å²) < 4.78 is 14.5. The maximum atomic E-state index is 13.8. The molecule has 0 atom stereocenters. The van der Waals surface area contributed by atoms with Gasteiger partial charge in [-0.2, -0.15) is 0 Å². The predicted molar refractivity (Wildman–Crippen MR) is 125 cm³/mol. The van der Waals surface area contributed by atoms with E-state index in [-0.39, 0.29) is 42.2 Å². The Balaban J connectivity index is 0.00000392. The summed E-state index contributed by atoms with van der Waals surface area (Å²) in [5.74, 6) is 0.115. The Labute approximate surface area is 190 Å².